The van der Waals surface area contributed by atoms with Crippen LogP contribution in [0.3, 0.4) is 0 Å². The van der Waals surface area contributed by atoms with E-state index in [9.17, 15) is 0 Å². The Morgan fingerprint density at radius 1 is 1.24 bits per heavy atom. The quantitative estimate of drug-likeness (QED) is 0.469. The third-order valence-corrected chi connectivity index (χ3v) is 5.73. The minimum Gasteiger partial charge on any atom is -0.387 e. The van der Waals surface area contributed by atoms with Crippen LogP contribution in [-0.2, 0) is 0 Å². The van der Waals surface area contributed by atoms with Crippen LogP contribution in [0, 0.1) is 17.3 Å². The monoisotopic (exact) mass is 389 g/mol. The van der Waals surface area contributed by atoms with Gasteiger partial charge in [0.05, 0.1) is 0 Å². The summed E-state index contributed by atoms with van der Waals surface area (Å²) in [5.41, 5.74) is 7.92. The standard InChI is InChI=1S/C28H39N/c1-9-13-21(4)23-16-12-17-26(27(23)19-29-18-20(2)3)25-15-11-10-14-24(25)22(5)28(6,7)8/h9-15,17-18,21,23,29H,5,16,19H2,1-4,6-8H3. The van der Waals surface area contributed by atoms with Gasteiger partial charge in [-0.3, -0.25) is 0 Å². The normalized spacial score (nSPS) is 18.1. The number of nitrogens with one attached hydrogen (secondary N) is 1. The molecule has 1 nitrogen and oxygen atoms in total. The van der Waals surface area contributed by atoms with Crippen LogP contribution in [0.1, 0.15) is 66.0 Å². The van der Waals surface area contributed by atoms with Gasteiger partial charge < -0.3 is 5.32 Å². The van der Waals surface area contributed by atoms with Crippen LogP contribution in [-0.4, -0.2) is 6.54 Å². The smallest absolute Gasteiger partial charge is 0.0366 e. The topological polar surface area (TPSA) is 12.0 Å². The number of hydrogen-bond acceptors (Lipinski definition) is 1. The van der Waals surface area contributed by atoms with Gasteiger partial charge >= 0.3 is 0 Å². The van der Waals surface area contributed by atoms with E-state index >= 15 is 0 Å². The Kier molecular flexibility index (Phi) is 7.90. The van der Waals surface area contributed by atoms with Gasteiger partial charge in [0.2, 0.25) is 0 Å². The van der Waals surface area contributed by atoms with Gasteiger partial charge in [-0.05, 0) is 78.5 Å². The van der Waals surface area contributed by atoms with Crippen LogP contribution in [0.15, 0.2) is 72.5 Å². The molecule has 0 saturated heterocycles. The summed E-state index contributed by atoms with van der Waals surface area (Å²) in [4.78, 5) is 0. The fraction of sp³-hybridized carbons (Fsp3) is 0.429. The van der Waals surface area contributed by atoms with Gasteiger partial charge in [0, 0.05) is 6.54 Å². The van der Waals surface area contributed by atoms with E-state index in [2.05, 4.69) is 115 Å². The second-order valence-electron chi connectivity index (χ2n) is 9.45. The van der Waals surface area contributed by atoms with Crippen molar-refractivity contribution in [2.45, 2.75) is 54.9 Å². The largest absolute Gasteiger partial charge is 0.387 e. The Morgan fingerprint density at radius 2 is 1.93 bits per heavy atom. The number of benzene rings is 1. The van der Waals surface area contributed by atoms with E-state index in [1.807, 2.05) is 0 Å². The molecule has 1 aliphatic rings. The van der Waals surface area contributed by atoms with Gasteiger partial charge in [0.25, 0.3) is 0 Å². The fourth-order valence-corrected chi connectivity index (χ4v) is 3.99. The molecule has 2 rings (SSSR count). The van der Waals surface area contributed by atoms with Crippen LogP contribution in [0.4, 0.5) is 0 Å². The Bertz CT molecular complexity index is 835. The van der Waals surface area contributed by atoms with Crippen molar-refractivity contribution in [1.82, 2.24) is 5.32 Å². The zero-order chi connectivity index (χ0) is 21.6. The summed E-state index contributed by atoms with van der Waals surface area (Å²) in [6.45, 7) is 20.8. The second-order valence-corrected chi connectivity index (χ2v) is 9.45. The first kappa shape index (κ1) is 23.0. The third kappa shape index (κ3) is 5.85. The molecule has 0 radical (unpaired) electrons. The Labute approximate surface area is 179 Å². The number of hydrogen-bond donors (Lipinski definition) is 1. The van der Waals surface area contributed by atoms with Crippen molar-refractivity contribution in [1.29, 1.82) is 0 Å². The van der Waals surface area contributed by atoms with Crippen molar-refractivity contribution in [3.05, 3.63) is 83.6 Å². The minimum absolute atomic E-state index is 0.0349. The van der Waals surface area contributed by atoms with Crippen molar-refractivity contribution in [2.75, 3.05) is 6.54 Å². The van der Waals surface area contributed by atoms with Gasteiger partial charge in [-0.15, -0.1) is 0 Å². The molecule has 0 spiro atoms. The Hall–Kier alpha value is -2.28. The average molecular weight is 390 g/mol. The molecule has 156 valence electrons. The van der Waals surface area contributed by atoms with Crippen molar-refractivity contribution in [3.8, 4) is 0 Å². The van der Waals surface area contributed by atoms with E-state index in [4.69, 9.17) is 0 Å². The summed E-state index contributed by atoms with van der Waals surface area (Å²) >= 11 is 0. The lowest BCUT2D eigenvalue weighted by atomic mass is 9.74. The van der Waals surface area contributed by atoms with Crippen molar-refractivity contribution < 1.29 is 0 Å². The summed E-state index contributed by atoms with van der Waals surface area (Å²) in [6.07, 6.45) is 12.4. The van der Waals surface area contributed by atoms with Gasteiger partial charge in [-0.1, -0.05) is 88.4 Å². The highest BCUT2D eigenvalue weighted by Crippen LogP contribution is 2.41. The molecular formula is C28H39N. The van der Waals surface area contributed by atoms with Crippen LogP contribution in [0.25, 0.3) is 11.1 Å². The Morgan fingerprint density at radius 3 is 2.55 bits per heavy atom. The zero-order valence-electron chi connectivity index (χ0n) is 19.5. The maximum absolute atomic E-state index is 4.46. The summed E-state index contributed by atoms with van der Waals surface area (Å²) < 4.78 is 0. The molecule has 2 atom stereocenters. The molecule has 1 heteroatoms. The molecule has 0 saturated carbocycles. The fourth-order valence-electron chi connectivity index (χ4n) is 3.99. The first-order valence-corrected chi connectivity index (χ1v) is 10.8. The summed E-state index contributed by atoms with van der Waals surface area (Å²) in [6, 6.07) is 8.76. The molecule has 0 fully saturated rings. The third-order valence-electron chi connectivity index (χ3n) is 5.73. The van der Waals surface area contributed by atoms with Crippen molar-refractivity contribution in [2.24, 2.45) is 17.3 Å². The first-order valence-electron chi connectivity index (χ1n) is 10.8. The van der Waals surface area contributed by atoms with Crippen LogP contribution >= 0.6 is 0 Å². The van der Waals surface area contributed by atoms with Crippen molar-refractivity contribution >= 4 is 11.1 Å². The average Bonchev–Trinajstić information content (AvgIpc) is 2.66. The van der Waals surface area contributed by atoms with Crippen LogP contribution < -0.4 is 5.32 Å². The molecule has 0 bridgehead atoms. The molecule has 1 aromatic carbocycles. The molecule has 2 unspecified atom stereocenters. The van der Waals surface area contributed by atoms with Gasteiger partial charge in [0.15, 0.2) is 0 Å². The van der Waals surface area contributed by atoms with Crippen LogP contribution in [0.2, 0.25) is 0 Å². The highest BCUT2D eigenvalue weighted by atomic mass is 14.8. The predicted molar refractivity (Wildman–Crippen MR) is 131 cm³/mol. The predicted octanol–water partition coefficient (Wildman–Crippen LogP) is 7.80. The van der Waals surface area contributed by atoms with E-state index in [0.29, 0.717) is 11.8 Å². The van der Waals surface area contributed by atoms with Gasteiger partial charge in [-0.25, -0.2) is 0 Å². The lowest BCUT2D eigenvalue weighted by Crippen LogP contribution is -2.24. The summed E-state index contributed by atoms with van der Waals surface area (Å²) in [5.74, 6) is 1.00. The molecule has 0 amide bonds. The maximum atomic E-state index is 4.46. The lowest BCUT2D eigenvalue weighted by molar-refractivity contribution is 0.477. The summed E-state index contributed by atoms with van der Waals surface area (Å²) in [7, 11) is 0. The van der Waals surface area contributed by atoms with E-state index in [1.165, 1.54) is 33.4 Å². The zero-order valence-corrected chi connectivity index (χ0v) is 19.5. The highest BCUT2D eigenvalue weighted by molar-refractivity contribution is 5.86. The molecule has 1 aliphatic carbocycles. The van der Waals surface area contributed by atoms with Crippen LogP contribution in [0.5, 0.6) is 0 Å². The second kappa shape index (κ2) is 9.96. The maximum Gasteiger partial charge on any atom is 0.0366 e. The molecule has 0 aliphatic heterocycles. The highest BCUT2D eigenvalue weighted by Gasteiger charge is 2.26. The minimum atomic E-state index is 0.0349. The molecule has 0 heterocycles. The first-order chi connectivity index (χ1) is 13.7. The van der Waals surface area contributed by atoms with Gasteiger partial charge in [0.1, 0.15) is 0 Å². The van der Waals surface area contributed by atoms with E-state index < -0.39 is 0 Å². The van der Waals surface area contributed by atoms with Gasteiger partial charge in [-0.2, -0.15) is 0 Å². The number of rotatable bonds is 7. The Balaban J connectivity index is 2.62. The lowest BCUT2D eigenvalue weighted by Gasteiger charge is -2.31. The molecule has 1 N–H and O–H groups in total. The summed E-state index contributed by atoms with van der Waals surface area (Å²) in [5, 5.41) is 3.56. The van der Waals surface area contributed by atoms with E-state index in [0.717, 1.165) is 13.0 Å². The SMILES string of the molecule is C=C(c1ccccc1C1=C(CNC=C(C)C)C(C(C)C=CC)CC=C1)C(C)(C)C. The van der Waals surface area contributed by atoms with E-state index in [-0.39, 0.29) is 5.41 Å². The molecular weight excluding hydrogens is 350 g/mol. The molecule has 1 aromatic rings. The number of allylic oxidation sites excluding steroid dienone is 7. The van der Waals surface area contributed by atoms with E-state index in [1.54, 1.807) is 0 Å². The van der Waals surface area contributed by atoms with Crippen molar-refractivity contribution in [3.63, 3.8) is 0 Å². The molecule has 0 aromatic heterocycles. The molecule has 29 heavy (non-hydrogen) atoms.